The summed E-state index contributed by atoms with van der Waals surface area (Å²) in [6.07, 6.45) is 3.64. The van der Waals surface area contributed by atoms with E-state index in [-0.39, 0.29) is 11.6 Å². The lowest BCUT2D eigenvalue weighted by Crippen LogP contribution is -2.20. The lowest BCUT2D eigenvalue weighted by molar-refractivity contribution is -0.384. The van der Waals surface area contributed by atoms with Crippen molar-refractivity contribution < 1.29 is 9.72 Å². The Kier molecular flexibility index (Phi) is 5.62. The summed E-state index contributed by atoms with van der Waals surface area (Å²) in [6, 6.07) is 11.6. The van der Waals surface area contributed by atoms with Crippen molar-refractivity contribution in [3.63, 3.8) is 0 Å². The average molecular weight is 417 g/mol. The van der Waals surface area contributed by atoms with Crippen LogP contribution in [0.3, 0.4) is 0 Å². The van der Waals surface area contributed by atoms with Gasteiger partial charge in [-0.1, -0.05) is 15.9 Å². The topological polar surface area (TPSA) is 87.8 Å². The van der Waals surface area contributed by atoms with Crippen molar-refractivity contribution in [2.75, 3.05) is 18.0 Å². The van der Waals surface area contributed by atoms with Crippen LogP contribution in [0.25, 0.3) is 0 Å². The first-order chi connectivity index (χ1) is 12.5. The summed E-state index contributed by atoms with van der Waals surface area (Å²) in [4.78, 5) is 24.9. The smallest absolute Gasteiger partial charge is 0.271 e. The molecule has 1 aliphatic rings. The number of hydrogen-bond donors (Lipinski definition) is 1. The molecule has 1 heterocycles. The molecule has 0 aromatic heterocycles. The van der Waals surface area contributed by atoms with Gasteiger partial charge in [0.25, 0.3) is 11.6 Å². The highest BCUT2D eigenvalue weighted by Crippen LogP contribution is 2.27. The standard InChI is InChI=1S/C18H17BrN4O3/c19-15-5-3-13(4-6-15)18(24)21-20-12-14-11-16(23(25)26)7-8-17(14)22-9-1-2-10-22/h3-8,11-12H,1-2,9-10H2,(H,21,24)/b20-12-. The first-order valence-electron chi connectivity index (χ1n) is 8.17. The van der Waals surface area contributed by atoms with Crippen molar-refractivity contribution in [1.82, 2.24) is 5.43 Å². The van der Waals surface area contributed by atoms with Gasteiger partial charge in [-0.15, -0.1) is 0 Å². The third-order valence-corrected chi connectivity index (χ3v) is 4.67. The van der Waals surface area contributed by atoms with Gasteiger partial charge < -0.3 is 4.90 Å². The third-order valence-electron chi connectivity index (χ3n) is 4.14. The van der Waals surface area contributed by atoms with Crippen LogP contribution in [0.4, 0.5) is 11.4 Å². The van der Waals surface area contributed by atoms with Gasteiger partial charge in [-0.2, -0.15) is 5.10 Å². The van der Waals surface area contributed by atoms with Crippen LogP contribution in [0.1, 0.15) is 28.8 Å². The van der Waals surface area contributed by atoms with Crippen molar-refractivity contribution >= 4 is 39.4 Å². The maximum absolute atomic E-state index is 12.1. The van der Waals surface area contributed by atoms with Crippen LogP contribution in [0.5, 0.6) is 0 Å². The molecule has 1 N–H and O–H groups in total. The van der Waals surface area contributed by atoms with Gasteiger partial charge >= 0.3 is 0 Å². The predicted molar refractivity (Wildman–Crippen MR) is 104 cm³/mol. The van der Waals surface area contributed by atoms with Crippen molar-refractivity contribution in [2.45, 2.75) is 12.8 Å². The monoisotopic (exact) mass is 416 g/mol. The van der Waals surface area contributed by atoms with E-state index in [1.165, 1.54) is 18.3 Å². The second kappa shape index (κ2) is 8.09. The summed E-state index contributed by atoms with van der Waals surface area (Å²) in [5.41, 5.74) is 4.42. The quantitative estimate of drug-likeness (QED) is 0.456. The number of halogens is 1. The predicted octanol–water partition coefficient (Wildman–Crippen LogP) is 3.72. The normalized spacial score (nSPS) is 14.0. The number of nitro groups is 1. The minimum absolute atomic E-state index is 0.00590. The maximum atomic E-state index is 12.1. The number of rotatable bonds is 5. The number of nitro benzene ring substituents is 1. The number of nitrogens with one attached hydrogen (secondary N) is 1. The molecule has 0 atom stereocenters. The molecule has 2 aromatic carbocycles. The summed E-state index contributed by atoms with van der Waals surface area (Å²) in [5.74, 6) is -0.345. The van der Waals surface area contributed by atoms with Gasteiger partial charge in [0.2, 0.25) is 0 Å². The van der Waals surface area contributed by atoms with E-state index in [0.717, 1.165) is 36.1 Å². The third kappa shape index (κ3) is 4.26. The molecule has 0 radical (unpaired) electrons. The Bertz CT molecular complexity index is 846. The SMILES string of the molecule is O=C(N/N=C\c1cc([N+](=O)[O-])ccc1N1CCCC1)c1ccc(Br)cc1. The molecule has 1 amide bonds. The lowest BCUT2D eigenvalue weighted by atomic mass is 10.1. The number of amides is 1. The molecule has 0 spiro atoms. The zero-order valence-corrected chi connectivity index (χ0v) is 15.5. The number of carbonyl (C=O) groups excluding carboxylic acids is 1. The van der Waals surface area contributed by atoms with Gasteiger partial charge in [0.15, 0.2) is 0 Å². The Morgan fingerprint density at radius 3 is 2.54 bits per heavy atom. The van der Waals surface area contributed by atoms with Crippen molar-refractivity contribution in [3.8, 4) is 0 Å². The van der Waals surface area contributed by atoms with E-state index in [0.29, 0.717) is 11.1 Å². The highest BCUT2D eigenvalue weighted by Gasteiger charge is 2.18. The number of anilines is 1. The molecule has 0 unspecified atom stereocenters. The van der Waals surface area contributed by atoms with Gasteiger partial charge in [0.1, 0.15) is 0 Å². The molecule has 26 heavy (non-hydrogen) atoms. The lowest BCUT2D eigenvalue weighted by Gasteiger charge is -2.19. The summed E-state index contributed by atoms with van der Waals surface area (Å²) in [7, 11) is 0. The second-order valence-electron chi connectivity index (χ2n) is 5.90. The maximum Gasteiger partial charge on any atom is 0.271 e. The van der Waals surface area contributed by atoms with E-state index >= 15 is 0 Å². The average Bonchev–Trinajstić information content (AvgIpc) is 3.16. The Labute approximate surface area is 159 Å². The molecule has 8 heteroatoms. The minimum atomic E-state index is -0.439. The fraction of sp³-hybridized carbons (Fsp3) is 0.222. The van der Waals surface area contributed by atoms with Crippen LogP contribution >= 0.6 is 15.9 Å². The summed E-state index contributed by atoms with van der Waals surface area (Å²) in [5, 5.41) is 15.0. The van der Waals surface area contributed by atoms with Crippen LogP contribution in [-0.4, -0.2) is 30.1 Å². The van der Waals surface area contributed by atoms with Crippen molar-refractivity contribution in [1.29, 1.82) is 0 Å². The highest BCUT2D eigenvalue weighted by molar-refractivity contribution is 9.10. The minimum Gasteiger partial charge on any atom is -0.371 e. The van der Waals surface area contributed by atoms with Crippen LogP contribution in [0.2, 0.25) is 0 Å². The Morgan fingerprint density at radius 1 is 1.19 bits per heavy atom. The first kappa shape index (κ1) is 18.1. The fourth-order valence-corrected chi connectivity index (χ4v) is 3.10. The van der Waals surface area contributed by atoms with Gasteiger partial charge in [0, 0.05) is 46.5 Å². The molecule has 2 aromatic rings. The zero-order valence-electron chi connectivity index (χ0n) is 13.9. The van der Waals surface area contributed by atoms with Crippen LogP contribution in [0.15, 0.2) is 52.0 Å². The van der Waals surface area contributed by atoms with Crippen LogP contribution < -0.4 is 10.3 Å². The van der Waals surface area contributed by atoms with Crippen LogP contribution in [-0.2, 0) is 0 Å². The largest absolute Gasteiger partial charge is 0.371 e. The molecule has 0 aliphatic carbocycles. The Balaban J connectivity index is 1.79. The second-order valence-corrected chi connectivity index (χ2v) is 6.82. The molecule has 134 valence electrons. The van der Waals surface area contributed by atoms with E-state index in [4.69, 9.17) is 0 Å². The van der Waals surface area contributed by atoms with Gasteiger partial charge in [0.05, 0.1) is 11.1 Å². The summed E-state index contributed by atoms with van der Waals surface area (Å²) >= 11 is 3.32. The van der Waals surface area contributed by atoms with Gasteiger partial charge in [-0.05, 0) is 43.2 Å². The first-order valence-corrected chi connectivity index (χ1v) is 8.96. The number of nitrogens with zero attached hydrogens (tertiary/aromatic N) is 3. The summed E-state index contributed by atoms with van der Waals surface area (Å²) in [6.45, 7) is 1.81. The zero-order chi connectivity index (χ0) is 18.5. The van der Waals surface area contributed by atoms with Crippen molar-refractivity contribution in [2.24, 2.45) is 5.10 Å². The number of hydrazone groups is 1. The van der Waals surface area contributed by atoms with Gasteiger partial charge in [-0.3, -0.25) is 14.9 Å². The molecule has 7 nitrogen and oxygen atoms in total. The highest BCUT2D eigenvalue weighted by atomic mass is 79.9. The van der Waals surface area contributed by atoms with Gasteiger partial charge in [-0.25, -0.2) is 5.43 Å². The number of benzene rings is 2. The van der Waals surface area contributed by atoms with Crippen LogP contribution in [0, 0.1) is 10.1 Å². The summed E-state index contributed by atoms with van der Waals surface area (Å²) < 4.78 is 0.879. The molecule has 1 fully saturated rings. The molecular formula is C18H17BrN4O3. The van der Waals surface area contributed by atoms with E-state index in [9.17, 15) is 14.9 Å². The van der Waals surface area contributed by atoms with E-state index in [1.54, 1.807) is 30.3 Å². The molecule has 0 saturated carbocycles. The molecule has 1 saturated heterocycles. The molecular weight excluding hydrogens is 400 g/mol. The molecule has 3 rings (SSSR count). The van der Waals surface area contributed by atoms with E-state index in [1.807, 2.05) is 0 Å². The molecule has 1 aliphatic heterocycles. The Morgan fingerprint density at radius 2 is 1.88 bits per heavy atom. The van der Waals surface area contributed by atoms with E-state index < -0.39 is 4.92 Å². The molecule has 0 bridgehead atoms. The van der Waals surface area contributed by atoms with Crippen molar-refractivity contribution in [3.05, 3.63) is 68.2 Å². The number of non-ortho nitro benzene ring substituents is 1. The fourth-order valence-electron chi connectivity index (χ4n) is 2.83. The number of carbonyl (C=O) groups is 1. The van der Waals surface area contributed by atoms with E-state index in [2.05, 4.69) is 31.4 Å². The Hall–Kier alpha value is -2.74. The number of hydrogen-bond acceptors (Lipinski definition) is 5.